The van der Waals surface area contributed by atoms with E-state index in [0.29, 0.717) is 30.3 Å². The summed E-state index contributed by atoms with van der Waals surface area (Å²) in [4.78, 5) is 5.22. The van der Waals surface area contributed by atoms with E-state index in [1.54, 1.807) is 7.11 Å². The van der Waals surface area contributed by atoms with Crippen molar-refractivity contribution in [3.8, 4) is 11.5 Å². The Bertz CT molecular complexity index is 936. The minimum atomic E-state index is 0.479. The number of nitrogens with zero attached hydrogens (tertiary/aromatic N) is 2. The third-order valence-electron chi connectivity index (χ3n) is 7.19. The Kier molecular flexibility index (Phi) is 7.49. The average molecular weight is 458 g/mol. The number of ether oxygens (including phenoxy) is 2. The molecule has 2 heterocycles. The summed E-state index contributed by atoms with van der Waals surface area (Å²) in [5, 5.41) is 0.661. The van der Waals surface area contributed by atoms with Crippen LogP contribution in [0.5, 0.6) is 11.5 Å². The first-order valence-electron chi connectivity index (χ1n) is 11.8. The third-order valence-corrected chi connectivity index (χ3v) is 7.50. The molecule has 174 valence electrons. The molecule has 2 aromatic carbocycles. The number of piperazine rings is 1. The largest absolute Gasteiger partial charge is 0.495 e. The van der Waals surface area contributed by atoms with Gasteiger partial charge in [-0.1, -0.05) is 17.7 Å². The Hall–Kier alpha value is -1.95. The van der Waals surface area contributed by atoms with Gasteiger partial charge in [0.05, 0.1) is 18.7 Å². The first-order chi connectivity index (χ1) is 15.5. The predicted octanol–water partition coefficient (Wildman–Crippen LogP) is 5.11. The summed E-state index contributed by atoms with van der Waals surface area (Å²) < 4.78 is 11.4. The van der Waals surface area contributed by atoms with Crippen molar-refractivity contribution in [3.63, 3.8) is 0 Å². The molecule has 6 heteroatoms. The number of halogens is 1. The van der Waals surface area contributed by atoms with E-state index in [-0.39, 0.29) is 0 Å². The Labute approximate surface area is 197 Å². The number of piperidine rings is 1. The van der Waals surface area contributed by atoms with Crippen LogP contribution in [0, 0.1) is 13.8 Å². The minimum absolute atomic E-state index is 0.479. The lowest BCUT2D eigenvalue weighted by molar-refractivity contribution is 0.0712. The summed E-state index contributed by atoms with van der Waals surface area (Å²) in [7, 11) is 1.67. The maximum absolute atomic E-state index is 6.24. The number of rotatable bonds is 7. The molecule has 32 heavy (non-hydrogen) atoms. The van der Waals surface area contributed by atoms with Gasteiger partial charge in [-0.25, -0.2) is 0 Å². The van der Waals surface area contributed by atoms with E-state index in [1.165, 1.54) is 41.6 Å². The van der Waals surface area contributed by atoms with Gasteiger partial charge >= 0.3 is 0 Å². The number of hydrogen-bond donors (Lipinski definition) is 1. The second-order valence-corrected chi connectivity index (χ2v) is 9.40. The number of fused-ring (bicyclic) bond motifs is 1. The van der Waals surface area contributed by atoms with Crippen LogP contribution in [-0.4, -0.2) is 50.8 Å². The number of anilines is 1. The van der Waals surface area contributed by atoms with Crippen molar-refractivity contribution >= 4 is 17.3 Å². The van der Waals surface area contributed by atoms with Crippen LogP contribution in [0.4, 0.5) is 5.69 Å². The van der Waals surface area contributed by atoms with Crippen molar-refractivity contribution in [1.29, 1.82) is 0 Å². The van der Waals surface area contributed by atoms with Crippen molar-refractivity contribution in [2.45, 2.75) is 51.6 Å². The molecule has 1 unspecified atom stereocenters. The number of benzene rings is 2. The summed E-state index contributed by atoms with van der Waals surface area (Å²) in [6.07, 6.45) is 4.61. The quantitative estimate of drug-likeness (QED) is 0.585. The monoisotopic (exact) mass is 457 g/mol. The van der Waals surface area contributed by atoms with Crippen LogP contribution < -0.4 is 20.1 Å². The lowest BCUT2D eigenvalue weighted by atomic mass is 9.86. The highest BCUT2D eigenvalue weighted by Gasteiger charge is 2.36. The molecule has 0 saturated carbocycles. The maximum atomic E-state index is 6.24. The highest BCUT2D eigenvalue weighted by Crippen LogP contribution is 2.40. The molecule has 4 rings (SSSR count). The summed E-state index contributed by atoms with van der Waals surface area (Å²) in [5.41, 5.74) is 10.9. The van der Waals surface area contributed by atoms with Gasteiger partial charge in [0.1, 0.15) is 11.5 Å². The molecule has 0 bridgehead atoms. The summed E-state index contributed by atoms with van der Waals surface area (Å²) in [5.74, 6) is 1.74. The Morgan fingerprint density at radius 3 is 2.69 bits per heavy atom. The molecule has 0 spiro atoms. The fourth-order valence-electron chi connectivity index (χ4n) is 5.26. The van der Waals surface area contributed by atoms with Crippen LogP contribution in [0.15, 0.2) is 30.3 Å². The molecule has 5 nitrogen and oxygen atoms in total. The SMILES string of the molecule is COc1cc(N2CCN3C(CCC[C@@H]3c3ccc(OCCCN)c(C)c3C)C2)ccc1Cl. The van der Waals surface area contributed by atoms with Gasteiger partial charge in [-0.05, 0) is 81.0 Å². The van der Waals surface area contributed by atoms with E-state index in [0.717, 1.165) is 37.6 Å². The van der Waals surface area contributed by atoms with E-state index in [9.17, 15) is 0 Å². The molecule has 2 aliphatic rings. The van der Waals surface area contributed by atoms with Crippen LogP contribution in [-0.2, 0) is 0 Å². The van der Waals surface area contributed by atoms with Crippen LogP contribution in [0.25, 0.3) is 0 Å². The number of nitrogens with two attached hydrogens (primary N) is 1. The van der Waals surface area contributed by atoms with Crippen LogP contribution >= 0.6 is 11.6 Å². The fourth-order valence-corrected chi connectivity index (χ4v) is 5.46. The summed E-state index contributed by atoms with van der Waals surface area (Å²) in [6, 6.07) is 11.6. The molecule has 2 aliphatic heterocycles. The molecular weight excluding hydrogens is 422 g/mol. The molecule has 0 amide bonds. The average Bonchev–Trinajstić information content (AvgIpc) is 2.82. The molecule has 2 fully saturated rings. The highest BCUT2D eigenvalue weighted by molar-refractivity contribution is 6.32. The van der Waals surface area contributed by atoms with E-state index in [2.05, 4.69) is 47.9 Å². The molecule has 2 aromatic rings. The zero-order valence-electron chi connectivity index (χ0n) is 19.6. The lowest BCUT2D eigenvalue weighted by Gasteiger charge is -2.49. The number of methoxy groups -OCH3 is 1. The summed E-state index contributed by atoms with van der Waals surface area (Å²) >= 11 is 6.24. The smallest absolute Gasteiger partial charge is 0.139 e. The Morgan fingerprint density at radius 2 is 1.91 bits per heavy atom. The topological polar surface area (TPSA) is 51.0 Å². The predicted molar refractivity (Wildman–Crippen MR) is 132 cm³/mol. The molecule has 2 saturated heterocycles. The van der Waals surface area contributed by atoms with Crippen molar-refractivity contribution in [1.82, 2.24) is 4.90 Å². The molecule has 0 radical (unpaired) electrons. The Balaban J connectivity index is 1.50. The first-order valence-corrected chi connectivity index (χ1v) is 12.2. The van der Waals surface area contributed by atoms with Crippen molar-refractivity contribution in [2.24, 2.45) is 5.73 Å². The zero-order valence-corrected chi connectivity index (χ0v) is 20.3. The van der Waals surface area contributed by atoms with Gasteiger partial charge in [-0.2, -0.15) is 0 Å². The third kappa shape index (κ3) is 4.70. The van der Waals surface area contributed by atoms with Gasteiger partial charge in [0.15, 0.2) is 0 Å². The first kappa shape index (κ1) is 23.2. The van der Waals surface area contributed by atoms with E-state index < -0.39 is 0 Å². The van der Waals surface area contributed by atoms with Gasteiger partial charge < -0.3 is 20.1 Å². The van der Waals surface area contributed by atoms with Gasteiger partial charge in [-0.3, -0.25) is 4.90 Å². The molecule has 2 atom stereocenters. The van der Waals surface area contributed by atoms with Crippen LogP contribution in [0.2, 0.25) is 5.02 Å². The van der Waals surface area contributed by atoms with Crippen molar-refractivity contribution < 1.29 is 9.47 Å². The van der Waals surface area contributed by atoms with Gasteiger partial charge in [0.25, 0.3) is 0 Å². The molecule has 2 N–H and O–H groups in total. The van der Waals surface area contributed by atoms with E-state index >= 15 is 0 Å². The van der Waals surface area contributed by atoms with Crippen LogP contribution in [0.3, 0.4) is 0 Å². The number of hydrogen-bond acceptors (Lipinski definition) is 5. The lowest BCUT2D eigenvalue weighted by Crippen LogP contribution is -2.56. The molecule has 0 aliphatic carbocycles. The van der Waals surface area contributed by atoms with E-state index in [4.69, 9.17) is 26.8 Å². The second-order valence-electron chi connectivity index (χ2n) is 9.00. The van der Waals surface area contributed by atoms with Crippen molar-refractivity contribution in [3.05, 3.63) is 52.0 Å². The Morgan fingerprint density at radius 1 is 1.06 bits per heavy atom. The molecular formula is C26H36ClN3O2. The van der Waals surface area contributed by atoms with Crippen LogP contribution in [0.1, 0.15) is 48.4 Å². The normalized spacial score (nSPS) is 21.3. The zero-order chi connectivity index (χ0) is 22.7. The van der Waals surface area contributed by atoms with Crippen molar-refractivity contribution in [2.75, 3.05) is 44.8 Å². The second kappa shape index (κ2) is 10.3. The summed E-state index contributed by atoms with van der Waals surface area (Å²) in [6.45, 7) is 8.89. The highest BCUT2D eigenvalue weighted by atomic mass is 35.5. The fraction of sp³-hybridized carbons (Fsp3) is 0.538. The van der Waals surface area contributed by atoms with Gasteiger partial charge in [0.2, 0.25) is 0 Å². The standard InChI is InChI=1S/C26H36ClN3O2/c1-18-19(2)25(32-15-5-12-28)11-9-22(18)24-7-4-6-21-17-29(13-14-30(21)24)20-8-10-23(27)26(16-20)31-3/h8-11,16,21,24H,4-7,12-15,17,28H2,1-3H3/t21?,24-/m1/s1. The van der Waals surface area contributed by atoms with Gasteiger partial charge in [0, 0.05) is 43.5 Å². The van der Waals surface area contributed by atoms with Gasteiger partial charge in [-0.15, -0.1) is 0 Å². The maximum Gasteiger partial charge on any atom is 0.139 e. The minimum Gasteiger partial charge on any atom is -0.495 e. The van der Waals surface area contributed by atoms with E-state index in [1.807, 2.05) is 6.07 Å². The molecule has 0 aromatic heterocycles.